The molecule has 0 atom stereocenters. The molecule has 0 aliphatic carbocycles. The molecule has 0 fully saturated rings. The summed E-state index contributed by atoms with van der Waals surface area (Å²) in [7, 11) is -1.57. The monoisotopic (exact) mass is 423 g/mol. The molecule has 0 unspecified atom stereocenters. The van der Waals surface area contributed by atoms with Gasteiger partial charge in [0.1, 0.15) is 0 Å². The first-order valence-electron chi connectivity index (χ1n) is 8.94. The van der Waals surface area contributed by atoms with Gasteiger partial charge in [-0.05, 0) is 21.2 Å². The van der Waals surface area contributed by atoms with E-state index in [0.29, 0.717) is 0 Å². The molecular weight excluding hydrogens is 403 g/mol. The summed E-state index contributed by atoms with van der Waals surface area (Å²) < 4.78 is 0. The van der Waals surface area contributed by atoms with E-state index in [9.17, 15) is 0 Å². The predicted octanol–water partition coefficient (Wildman–Crippen LogP) is 2.46. The zero-order valence-electron chi connectivity index (χ0n) is 15.9. The Morgan fingerprint density at radius 3 is 0.786 bits per heavy atom. The fourth-order valence-corrected chi connectivity index (χ4v) is 7.65. The summed E-state index contributed by atoms with van der Waals surface area (Å²) in [5.74, 6) is 0. The summed E-state index contributed by atoms with van der Waals surface area (Å²) in [6.45, 7) is 0. The van der Waals surface area contributed by atoms with E-state index in [-0.39, 0.29) is 51.4 Å². The zero-order valence-corrected chi connectivity index (χ0v) is 20.8. The second-order valence-corrected chi connectivity index (χ2v) is 10.1. The first-order chi connectivity index (χ1) is 13.4. The smallest absolute Gasteiger partial charge is 0.595 e. The molecule has 132 valence electrons. The third-order valence-electron chi connectivity index (χ3n) is 4.18. The van der Waals surface area contributed by atoms with Crippen LogP contribution in [0.5, 0.6) is 0 Å². The van der Waals surface area contributed by atoms with E-state index in [1.54, 1.807) is 0 Å². The molecule has 0 amide bonds. The maximum Gasteiger partial charge on any atom is 1.00 e. The number of nitrogens with zero attached hydrogens (tertiary/aromatic N) is 1. The van der Waals surface area contributed by atoms with Crippen LogP contribution in [0.3, 0.4) is 0 Å². The van der Waals surface area contributed by atoms with Gasteiger partial charge < -0.3 is 4.86 Å². The molecule has 4 aromatic carbocycles. The Labute approximate surface area is 212 Å². The van der Waals surface area contributed by atoms with Crippen LogP contribution in [0.25, 0.3) is 4.86 Å². The van der Waals surface area contributed by atoms with Crippen LogP contribution in [0.2, 0.25) is 0 Å². The van der Waals surface area contributed by atoms with Crippen LogP contribution in [0.1, 0.15) is 0 Å². The molecule has 0 aliphatic heterocycles. The van der Waals surface area contributed by atoms with Crippen LogP contribution in [-0.2, 0) is 0 Å². The van der Waals surface area contributed by atoms with Gasteiger partial charge >= 0.3 is 51.4 Å². The minimum absolute atomic E-state index is 0. The summed E-state index contributed by atoms with van der Waals surface area (Å²) in [4.78, 5) is 5.49. The molecule has 0 spiro atoms. The molecule has 0 bridgehead atoms. The maximum absolute atomic E-state index is 5.49. The molecule has 4 aromatic rings. The van der Waals surface area contributed by atoms with E-state index in [1.807, 2.05) is 0 Å². The molecule has 4 rings (SSSR count). The topological polar surface area (TPSA) is 14.1 Å². The first kappa shape index (κ1) is 22.0. The van der Waals surface area contributed by atoms with Crippen LogP contribution in [0.15, 0.2) is 121 Å². The molecule has 0 aromatic heterocycles. The van der Waals surface area contributed by atoms with Gasteiger partial charge in [0.25, 0.3) is 0 Å². The predicted molar refractivity (Wildman–Crippen MR) is 122 cm³/mol. The fourth-order valence-electron chi connectivity index (χ4n) is 2.87. The van der Waals surface area contributed by atoms with E-state index >= 15 is 0 Å². The summed E-state index contributed by atoms with van der Waals surface area (Å²) in [6.07, 6.45) is 0. The molecular formula is C24H20KNP2. The average molecular weight is 423 g/mol. The molecule has 0 N–H and O–H groups in total. The van der Waals surface area contributed by atoms with Crippen molar-refractivity contribution in [2.24, 2.45) is 0 Å². The first-order valence-corrected chi connectivity index (χ1v) is 11.5. The minimum atomic E-state index is -0.784. The van der Waals surface area contributed by atoms with Gasteiger partial charge in [-0.1, -0.05) is 121 Å². The largest absolute Gasteiger partial charge is 1.00 e. The van der Waals surface area contributed by atoms with Crippen molar-refractivity contribution in [2.45, 2.75) is 0 Å². The Morgan fingerprint density at radius 1 is 0.357 bits per heavy atom. The van der Waals surface area contributed by atoms with Crippen LogP contribution in [-0.4, -0.2) is 0 Å². The number of benzene rings is 4. The summed E-state index contributed by atoms with van der Waals surface area (Å²) in [6, 6.07) is 42.7. The quantitative estimate of drug-likeness (QED) is 0.334. The van der Waals surface area contributed by atoms with E-state index in [1.165, 1.54) is 21.2 Å². The van der Waals surface area contributed by atoms with Crippen molar-refractivity contribution in [2.75, 3.05) is 0 Å². The Kier molecular flexibility index (Phi) is 9.05. The van der Waals surface area contributed by atoms with Crippen molar-refractivity contribution in [3.05, 3.63) is 126 Å². The number of rotatable bonds is 6. The summed E-state index contributed by atoms with van der Waals surface area (Å²) in [5.41, 5.74) is 0. The fraction of sp³-hybridized carbons (Fsp3) is 0. The van der Waals surface area contributed by atoms with Gasteiger partial charge in [0.2, 0.25) is 0 Å². The second-order valence-electron chi connectivity index (χ2n) is 6.06. The average Bonchev–Trinajstić information content (AvgIpc) is 2.77. The van der Waals surface area contributed by atoms with Gasteiger partial charge in [0.05, 0.1) is 0 Å². The van der Waals surface area contributed by atoms with Gasteiger partial charge in [-0.3, -0.25) is 0 Å². The standard InChI is InChI=1S/C24H20NP2.K/c1-5-13-21(14-6-1)26(22-15-7-2-8-16-22)25-27(23-17-9-3-10-18-23)24-19-11-4-12-20-24;/h1-20H;/q-1;+1. The van der Waals surface area contributed by atoms with Crippen molar-refractivity contribution < 1.29 is 51.4 Å². The van der Waals surface area contributed by atoms with Crippen molar-refractivity contribution in [3.63, 3.8) is 0 Å². The molecule has 0 saturated carbocycles. The van der Waals surface area contributed by atoms with E-state index in [0.717, 1.165) is 0 Å². The van der Waals surface area contributed by atoms with Crippen molar-refractivity contribution in [1.82, 2.24) is 0 Å². The Hall–Kier alpha value is -0.664. The molecule has 1 nitrogen and oxygen atoms in total. The molecule has 0 heterocycles. The van der Waals surface area contributed by atoms with Crippen LogP contribution >= 0.6 is 16.1 Å². The van der Waals surface area contributed by atoms with Gasteiger partial charge in [0.15, 0.2) is 0 Å². The summed E-state index contributed by atoms with van der Waals surface area (Å²) >= 11 is 0. The van der Waals surface area contributed by atoms with Gasteiger partial charge in [-0.2, -0.15) is 16.1 Å². The Bertz CT molecular complexity index is 791. The molecule has 28 heavy (non-hydrogen) atoms. The maximum atomic E-state index is 5.49. The van der Waals surface area contributed by atoms with Gasteiger partial charge in [-0.25, -0.2) is 0 Å². The van der Waals surface area contributed by atoms with Crippen molar-refractivity contribution >= 4 is 37.4 Å². The van der Waals surface area contributed by atoms with Crippen molar-refractivity contribution in [1.29, 1.82) is 0 Å². The summed E-state index contributed by atoms with van der Waals surface area (Å²) in [5, 5.41) is 5.16. The van der Waals surface area contributed by atoms with Gasteiger partial charge in [0, 0.05) is 0 Å². The molecule has 0 radical (unpaired) electrons. The number of hydrogen-bond acceptors (Lipinski definition) is 0. The second kappa shape index (κ2) is 11.5. The molecule has 4 heteroatoms. The van der Waals surface area contributed by atoms with Crippen LogP contribution in [0.4, 0.5) is 0 Å². The van der Waals surface area contributed by atoms with Crippen LogP contribution in [0, 0.1) is 0 Å². The van der Waals surface area contributed by atoms with E-state index < -0.39 is 16.1 Å². The number of hydrogen-bond donors (Lipinski definition) is 0. The van der Waals surface area contributed by atoms with E-state index in [2.05, 4.69) is 121 Å². The molecule has 0 saturated heterocycles. The third kappa shape index (κ3) is 5.69. The Morgan fingerprint density at radius 2 is 0.571 bits per heavy atom. The third-order valence-corrected chi connectivity index (χ3v) is 8.76. The minimum Gasteiger partial charge on any atom is -0.595 e. The normalized spacial score (nSPS) is 10.6. The molecule has 0 aliphatic rings. The SMILES string of the molecule is [K+].c1ccc(P([N-]P(c2ccccc2)c2ccccc2)c2ccccc2)cc1. The van der Waals surface area contributed by atoms with E-state index in [4.69, 9.17) is 4.86 Å². The van der Waals surface area contributed by atoms with Crippen molar-refractivity contribution in [3.8, 4) is 0 Å². The van der Waals surface area contributed by atoms with Crippen LogP contribution < -0.4 is 72.6 Å². The van der Waals surface area contributed by atoms with Gasteiger partial charge in [-0.15, -0.1) is 0 Å². The zero-order chi connectivity index (χ0) is 18.3. The Balaban J connectivity index is 0.00000225.